The number of rotatable bonds is 6. The van der Waals surface area contributed by atoms with Gasteiger partial charge in [-0.3, -0.25) is 4.79 Å². The molecule has 1 amide bonds. The summed E-state index contributed by atoms with van der Waals surface area (Å²) in [5.41, 5.74) is 7.00. The molecule has 0 radical (unpaired) electrons. The van der Waals surface area contributed by atoms with Crippen LogP contribution in [0.15, 0.2) is 40.9 Å². The molecule has 2 aromatic rings. The first kappa shape index (κ1) is 20.1. The first-order valence-corrected chi connectivity index (χ1v) is 11.1. The number of anilines is 1. The number of nitrogens with two attached hydrogens (primary N) is 1. The number of aromatic nitrogens is 1. The highest BCUT2D eigenvalue weighted by atomic mass is 32.2. The summed E-state index contributed by atoms with van der Waals surface area (Å²) in [6.07, 6.45) is 3.18. The standard InChI is InChI=1S/C20H23N5O4S/c1-25(2)16-10-13(6-9-22-16)19(26)23-20(7-8-20)12-29-15-5-3-4-14-11-30(27,28)24-18(21)17(14)15/h3-6,9-10H,7-8,11-12H2,1-2H3,(H2,21,24)(H,23,26). The molecule has 4 rings (SSSR count). The first-order valence-electron chi connectivity index (χ1n) is 9.47. The molecule has 30 heavy (non-hydrogen) atoms. The SMILES string of the molecule is CN(C)c1cc(C(=O)NC2(COc3cccc4c3C(N)=NS(=O)(=O)C4)CC2)ccn1. The van der Waals surface area contributed by atoms with Crippen LogP contribution in [0, 0.1) is 0 Å². The number of amides is 1. The van der Waals surface area contributed by atoms with E-state index in [0.717, 1.165) is 12.8 Å². The zero-order chi connectivity index (χ0) is 21.5. The van der Waals surface area contributed by atoms with Crippen molar-refractivity contribution in [3.05, 3.63) is 53.2 Å². The predicted octanol–water partition coefficient (Wildman–Crippen LogP) is 1.04. The van der Waals surface area contributed by atoms with E-state index in [1.54, 1.807) is 36.5 Å². The Hall–Kier alpha value is -3.14. The lowest BCUT2D eigenvalue weighted by atomic mass is 10.1. The number of fused-ring (bicyclic) bond motifs is 1. The number of carbonyl (C=O) groups is 1. The lowest BCUT2D eigenvalue weighted by Gasteiger charge is -2.22. The van der Waals surface area contributed by atoms with Gasteiger partial charge in [0.05, 0.1) is 16.9 Å². The van der Waals surface area contributed by atoms with Crippen LogP contribution in [0.1, 0.15) is 34.3 Å². The second kappa shape index (κ2) is 7.28. The number of carbonyl (C=O) groups excluding carboxylic acids is 1. The van der Waals surface area contributed by atoms with Crippen molar-refractivity contribution in [2.45, 2.75) is 24.1 Å². The molecule has 1 aliphatic heterocycles. The summed E-state index contributed by atoms with van der Waals surface area (Å²) in [5, 5.41) is 3.06. The minimum absolute atomic E-state index is 0.0752. The maximum atomic E-state index is 12.7. The molecule has 1 aromatic heterocycles. The van der Waals surface area contributed by atoms with E-state index in [-0.39, 0.29) is 24.1 Å². The Bertz CT molecular complexity index is 1140. The van der Waals surface area contributed by atoms with E-state index < -0.39 is 15.6 Å². The molecule has 0 atom stereocenters. The Morgan fingerprint density at radius 1 is 1.30 bits per heavy atom. The number of nitrogens with one attached hydrogen (secondary N) is 1. The van der Waals surface area contributed by atoms with Crippen LogP contribution in [-0.2, 0) is 15.8 Å². The monoisotopic (exact) mass is 429 g/mol. The molecule has 1 saturated carbocycles. The Labute approximate surface area is 175 Å². The molecule has 0 spiro atoms. The van der Waals surface area contributed by atoms with Crippen molar-refractivity contribution in [2.75, 3.05) is 25.6 Å². The lowest BCUT2D eigenvalue weighted by molar-refractivity contribution is 0.0913. The summed E-state index contributed by atoms with van der Waals surface area (Å²) < 4.78 is 33.2. The van der Waals surface area contributed by atoms with Gasteiger partial charge in [0.15, 0.2) is 0 Å². The Morgan fingerprint density at radius 3 is 2.77 bits per heavy atom. The van der Waals surface area contributed by atoms with Gasteiger partial charge in [0.1, 0.15) is 24.0 Å². The van der Waals surface area contributed by atoms with Gasteiger partial charge in [-0.15, -0.1) is 4.40 Å². The van der Waals surface area contributed by atoms with E-state index >= 15 is 0 Å². The van der Waals surface area contributed by atoms with Gasteiger partial charge in [0.25, 0.3) is 15.9 Å². The number of hydrogen-bond donors (Lipinski definition) is 2. The van der Waals surface area contributed by atoms with Crippen LogP contribution in [0.3, 0.4) is 0 Å². The van der Waals surface area contributed by atoms with Crippen molar-refractivity contribution in [3.8, 4) is 5.75 Å². The van der Waals surface area contributed by atoms with Gasteiger partial charge in [-0.1, -0.05) is 12.1 Å². The number of hydrogen-bond acceptors (Lipinski definition) is 7. The zero-order valence-electron chi connectivity index (χ0n) is 16.8. The van der Waals surface area contributed by atoms with E-state index in [2.05, 4.69) is 14.7 Å². The zero-order valence-corrected chi connectivity index (χ0v) is 17.6. The molecule has 3 N–H and O–H groups in total. The van der Waals surface area contributed by atoms with Crippen molar-refractivity contribution < 1.29 is 17.9 Å². The van der Waals surface area contributed by atoms with E-state index in [4.69, 9.17) is 10.5 Å². The summed E-state index contributed by atoms with van der Waals surface area (Å²) in [6.45, 7) is 0.251. The molecule has 10 heteroatoms. The fraction of sp³-hybridized carbons (Fsp3) is 0.350. The molecular formula is C20H23N5O4S. The van der Waals surface area contributed by atoms with Gasteiger partial charge < -0.3 is 20.7 Å². The largest absolute Gasteiger partial charge is 0.490 e. The molecule has 2 aliphatic rings. The number of benzene rings is 1. The molecular weight excluding hydrogens is 406 g/mol. The molecule has 0 saturated heterocycles. The quantitative estimate of drug-likeness (QED) is 0.702. The van der Waals surface area contributed by atoms with Crippen LogP contribution in [0.4, 0.5) is 5.82 Å². The molecule has 1 fully saturated rings. The average Bonchev–Trinajstić information content (AvgIpc) is 3.44. The van der Waals surface area contributed by atoms with Gasteiger partial charge in [-0.2, -0.15) is 0 Å². The maximum absolute atomic E-state index is 12.7. The summed E-state index contributed by atoms with van der Waals surface area (Å²) in [4.78, 5) is 18.8. The van der Waals surface area contributed by atoms with Crippen LogP contribution in [0.25, 0.3) is 0 Å². The first-order chi connectivity index (χ1) is 14.2. The van der Waals surface area contributed by atoms with Gasteiger partial charge in [0, 0.05) is 25.9 Å². The van der Waals surface area contributed by atoms with Crippen molar-refractivity contribution in [1.82, 2.24) is 10.3 Å². The summed E-state index contributed by atoms with van der Waals surface area (Å²) in [6, 6.07) is 8.55. The van der Waals surface area contributed by atoms with Crippen LogP contribution in [0.5, 0.6) is 5.75 Å². The van der Waals surface area contributed by atoms with Crippen LogP contribution < -0.4 is 20.7 Å². The third kappa shape index (κ3) is 4.09. The summed E-state index contributed by atoms with van der Waals surface area (Å²) in [7, 11) is 0.117. The molecule has 158 valence electrons. The molecule has 0 unspecified atom stereocenters. The van der Waals surface area contributed by atoms with Gasteiger partial charge in [0.2, 0.25) is 0 Å². The van der Waals surface area contributed by atoms with Crippen molar-refractivity contribution in [1.29, 1.82) is 0 Å². The molecule has 1 aliphatic carbocycles. The molecule has 1 aromatic carbocycles. The Kier molecular flexibility index (Phi) is 4.89. The highest BCUT2D eigenvalue weighted by molar-refractivity contribution is 7.89. The van der Waals surface area contributed by atoms with E-state index in [1.807, 2.05) is 19.0 Å². The topological polar surface area (TPSA) is 127 Å². The molecule has 9 nitrogen and oxygen atoms in total. The van der Waals surface area contributed by atoms with Crippen molar-refractivity contribution in [2.24, 2.45) is 10.1 Å². The Morgan fingerprint density at radius 2 is 2.07 bits per heavy atom. The normalized spacial score (nSPS) is 18.0. The predicted molar refractivity (Wildman–Crippen MR) is 113 cm³/mol. The summed E-state index contributed by atoms with van der Waals surface area (Å²) >= 11 is 0. The lowest BCUT2D eigenvalue weighted by Crippen LogP contribution is -2.41. The fourth-order valence-corrected chi connectivity index (χ4v) is 4.41. The van der Waals surface area contributed by atoms with Crippen molar-refractivity contribution >= 4 is 27.6 Å². The second-order valence-electron chi connectivity index (χ2n) is 7.81. The second-order valence-corrected chi connectivity index (χ2v) is 9.45. The average molecular weight is 430 g/mol. The fourth-order valence-electron chi connectivity index (χ4n) is 3.32. The number of pyridine rings is 1. The minimum atomic E-state index is -3.61. The Balaban J connectivity index is 1.48. The third-order valence-corrected chi connectivity index (χ3v) is 6.30. The van der Waals surface area contributed by atoms with Crippen molar-refractivity contribution in [3.63, 3.8) is 0 Å². The highest BCUT2D eigenvalue weighted by Crippen LogP contribution is 2.37. The van der Waals surface area contributed by atoms with Gasteiger partial charge >= 0.3 is 0 Å². The number of sulfonamides is 1. The van der Waals surface area contributed by atoms with E-state index in [1.165, 1.54) is 0 Å². The molecule has 2 heterocycles. The number of amidine groups is 1. The van der Waals surface area contributed by atoms with Gasteiger partial charge in [-0.05, 0) is 36.6 Å². The maximum Gasteiger partial charge on any atom is 0.259 e. The molecule has 0 bridgehead atoms. The van der Waals surface area contributed by atoms with Crippen LogP contribution in [-0.4, -0.2) is 51.4 Å². The smallest absolute Gasteiger partial charge is 0.259 e. The van der Waals surface area contributed by atoms with Crippen LogP contribution in [0.2, 0.25) is 0 Å². The highest BCUT2D eigenvalue weighted by Gasteiger charge is 2.45. The minimum Gasteiger partial charge on any atom is -0.490 e. The third-order valence-electron chi connectivity index (χ3n) is 5.15. The van der Waals surface area contributed by atoms with E-state index in [9.17, 15) is 13.2 Å². The van der Waals surface area contributed by atoms with E-state index in [0.29, 0.717) is 28.3 Å². The number of nitrogens with zero attached hydrogens (tertiary/aromatic N) is 3. The number of ether oxygens (including phenoxy) is 1. The summed E-state index contributed by atoms with van der Waals surface area (Å²) in [5.74, 6) is 0.684. The van der Waals surface area contributed by atoms with Gasteiger partial charge in [-0.25, -0.2) is 13.4 Å². The van der Waals surface area contributed by atoms with Crippen LogP contribution >= 0.6 is 0 Å².